The average molecular weight is 281 g/mol. The molecule has 0 amide bonds. The van der Waals surface area contributed by atoms with Crippen LogP contribution < -0.4 is 4.74 Å². The summed E-state index contributed by atoms with van der Waals surface area (Å²) in [4.78, 5) is 3.98. The molecule has 5 nitrogen and oxygen atoms in total. The standard InChI is InChI=1S/C12H11NO.CH4O3S/c1-10-4-2-5-11(8-10)14-12-6-3-7-13-9-12;1-5(2,3)4/h2-9H,1H3;1H3,(H,2,3,4). The SMILES string of the molecule is CS(=O)(=O)O.Cc1cccc(Oc2cccnc2)c1. The summed E-state index contributed by atoms with van der Waals surface area (Å²) in [6.07, 6.45) is 4.14. The molecule has 6 heteroatoms. The van der Waals surface area contributed by atoms with Gasteiger partial charge in [0, 0.05) is 6.20 Å². The Labute approximate surface area is 112 Å². The van der Waals surface area contributed by atoms with Gasteiger partial charge >= 0.3 is 0 Å². The van der Waals surface area contributed by atoms with Gasteiger partial charge in [0.2, 0.25) is 0 Å². The Hall–Kier alpha value is -1.92. The van der Waals surface area contributed by atoms with E-state index in [0.29, 0.717) is 6.26 Å². The van der Waals surface area contributed by atoms with Crippen LogP contribution in [0.1, 0.15) is 5.56 Å². The van der Waals surface area contributed by atoms with E-state index in [1.807, 2.05) is 43.3 Å². The van der Waals surface area contributed by atoms with Crippen molar-refractivity contribution in [3.63, 3.8) is 0 Å². The maximum absolute atomic E-state index is 9.19. The highest BCUT2D eigenvalue weighted by Gasteiger charge is 1.95. The van der Waals surface area contributed by atoms with Gasteiger partial charge in [0.25, 0.3) is 10.1 Å². The van der Waals surface area contributed by atoms with Crippen molar-refractivity contribution in [2.75, 3.05) is 6.26 Å². The lowest BCUT2D eigenvalue weighted by atomic mass is 10.2. The van der Waals surface area contributed by atoms with Crippen LogP contribution in [0.4, 0.5) is 0 Å². The predicted molar refractivity (Wildman–Crippen MR) is 73.0 cm³/mol. The molecule has 0 unspecified atom stereocenters. The molecule has 102 valence electrons. The average Bonchev–Trinajstić information content (AvgIpc) is 2.28. The van der Waals surface area contributed by atoms with E-state index in [0.717, 1.165) is 11.5 Å². The minimum Gasteiger partial charge on any atom is -0.456 e. The quantitative estimate of drug-likeness (QED) is 0.856. The van der Waals surface area contributed by atoms with Crippen molar-refractivity contribution >= 4 is 10.1 Å². The normalized spacial score (nSPS) is 10.3. The molecule has 0 fully saturated rings. The zero-order valence-electron chi connectivity index (χ0n) is 10.6. The number of hydrogen-bond donors (Lipinski definition) is 1. The summed E-state index contributed by atoms with van der Waals surface area (Å²) < 4.78 is 31.5. The van der Waals surface area contributed by atoms with E-state index in [4.69, 9.17) is 9.29 Å². The van der Waals surface area contributed by atoms with Gasteiger partial charge in [-0.25, -0.2) is 0 Å². The smallest absolute Gasteiger partial charge is 0.261 e. The Morgan fingerprint density at radius 3 is 2.32 bits per heavy atom. The number of ether oxygens (including phenoxy) is 1. The van der Waals surface area contributed by atoms with Crippen LogP contribution in [0.3, 0.4) is 0 Å². The number of benzene rings is 1. The molecule has 0 aliphatic carbocycles. The molecule has 1 heterocycles. The van der Waals surface area contributed by atoms with Crippen molar-refractivity contribution < 1.29 is 17.7 Å². The fourth-order valence-corrected chi connectivity index (χ4v) is 1.22. The summed E-state index contributed by atoms with van der Waals surface area (Å²) in [5.74, 6) is 1.61. The van der Waals surface area contributed by atoms with Crippen molar-refractivity contribution in [1.82, 2.24) is 4.98 Å². The fraction of sp³-hybridized carbons (Fsp3) is 0.154. The first-order valence-corrected chi connectivity index (χ1v) is 7.26. The molecule has 0 radical (unpaired) electrons. The molecule has 0 aliphatic rings. The van der Waals surface area contributed by atoms with E-state index < -0.39 is 10.1 Å². The second-order valence-corrected chi connectivity index (χ2v) is 5.31. The molecule has 1 aromatic heterocycles. The largest absolute Gasteiger partial charge is 0.456 e. The predicted octanol–water partition coefficient (Wildman–Crippen LogP) is 2.69. The summed E-state index contributed by atoms with van der Waals surface area (Å²) in [6, 6.07) is 11.7. The molecule has 0 bridgehead atoms. The summed E-state index contributed by atoms with van der Waals surface area (Å²) in [7, 11) is -3.67. The molecule has 0 aliphatic heterocycles. The third-order valence-electron chi connectivity index (χ3n) is 1.86. The first-order valence-electron chi connectivity index (χ1n) is 5.41. The van der Waals surface area contributed by atoms with Gasteiger partial charge in [0.15, 0.2) is 0 Å². The van der Waals surface area contributed by atoms with Gasteiger partial charge in [-0.05, 0) is 36.8 Å². The number of rotatable bonds is 2. The zero-order valence-corrected chi connectivity index (χ0v) is 11.5. The molecule has 19 heavy (non-hydrogen) atoms. The van der Waals surface area contributed by atoms with Crippen LogP contribution in [0, 0.1) is 6.92 Å². The van der Waals surface area contributed by atoms with Gasteiger partial charge in [-0.1, -0.05) is 12.1 Å². The van der Waals surface area contributed by atoms with E-state index >= 15 is 0 Å². The van der Waals surface area contributed by atoms with Crippen molar-refractivity contribution in [1.29, 1.82) is 0 Å². The molecule has 0 atom stereocenters. The van der Waals surface area contributed by atoms with E-state index in [-0.39, 0.29) is 0 Å². The summed E-state index contributed by atoms with van der Waals surface area (Å²) in [5, 5.41) is 0. The number of hydrogen-bond acceptors (Lipinski definition) is 4. The Balaban J connectivity index is 0.000000312. The van der Waals surface area contributed by atoms with Crippen LogP contribution in [-0.2, 0) is 10.1 Å². The number of aryl methyl sites for hydroxylation is 1. The maximum Gasteiger partial charge on any atom is 0.261 e. The van der Waals surface area contributed by atoms with Crippen molar-refractivity contribution in [2.24, 2.45) is 0 Å². The molecule has 0 spiro atoms. The van der Waals surface area contributed by atoms with Crippen molar-refractivity contribution in [3.8, 4) is 11.5 Å². The van der Waals surface area contributed by atoms with Crippen LogP contribution in [0.25, 0.3) is 0 Å². The molecule has 0 saturated heterocycles. The summed E-state index contributed by atoms with van der Waals surface area (Å²) in [5.41, 5.74) is 1.19. The van der Waals surface area contributed by atoms with Crippen molar-refractivity contribution in [2.45, 2.75) is 6.92 Å². The van der Waals surface area contributed by atoms with Crippen LogP contribution in [0.5, 0.6) is 11.5 Å². The highest BCUT2D eigenvalue weighted by Crippen LogP contribution is 2.20. The highest BCUT2D eigenvalue weighted by molar-refractivity contribution is 7.85. The molecular weight excluding hydrogens is 266 g/mol. The third kappa shape index (κ3) is 7.91. The molecule has 1 aromatic carbocycles. The maximum atomic E-state index is 9.19. The second-order valence-electron chi connectivity index (χ2n) is 3.84. The number of nitrogens with zero attached hydrogens (tertiary/aromatic N) is 1. The topological polar surface area (TPSA) is 76.5 Å². The fourth-order valence-electron chi connectivity index (χ4n) is 1.22. The molecule has 1 N–H and O–H groups in total. The van der Waals surface area contributed by atoms with Crippen LogP contribution in [-0.4, -0.2) is 24.2 Å². The van der Waals surface area contributed by atoms with Gasteiger partial charge in [-0.15, -0.1) is 0 Å². The molecule has 0 saturated carbocycles. The summed E-state index contributed by atoms with van der Waals surface area (Å²) >= 11 is 0. The van der Waals surface area contributed by atoms with Gasteiger partial charge < -0.3 is 4.74 Å². The Kier molecular flexibility index (Phi) is 5.47. The lowest BCUT2D eigenvalue weighted by Crippen LogP contribution is -1.88. The van der Waals surface area contributed by atoms with Crippen LogP contribution >= 0.6 is 0 Å². The first-order chi connectivity index (χ1) is 8.84. The first kappa shape index (κ1) is 15.1. The molecular formula is C13H15NO4S. The number of pyridine rings is 1. The minimum absolute atomic E-state index is 0.715. The van der Waals surface area contributed by atoms with Crippen molar-refractivity contribution in [3.05, 3.63) is 54.4 Å². The summed E-state index contributed by atoms with van der Waals surface area (Å²) in [6.45, 7) is 2.04. The Morgan fingerprint density at radius 2 is 1.79 bits per heavy atom. The molecule has 2 rings (SSSR count). The lowest BCUT2D eigenvalue weighted by molar-refractivity contribution is 0.480. The Bertz CT molecular complexity index is 604. The van der Waals surface area contributed by atoms with Crippen LogP contribution in [0.15, 0.2) is 48.8 Å². The monoisotopic (exact) mass is 281 g/mol. The zero-order chi connectivity index (χ0) is 14.3. The van der Waals surface area contributed by atoms with Gasteiger partial charge in [-0.2, -0.15) is 8.42 Å². The third-order valence-corrected chi connectivity index (χ3v) is 1.86. The second kappa shape index (κ2) is 6.86. The number of aromatic nitrogens is 1. The van der Waals surface area contributed by atoms with E-state index in [1.54, 1.807) is 12.4 Å². The molecule has 2 aromatic rings. The van der Waals surface area contributed by atoms with E-state index in [1.165, 1.54) is 5.56 Å². The Morgan fingerprint density at radius 1 is 1.16 bits per heavy atom. The highest BCUT2D eigenvalue weighted by atomic mass is 32.2. The van der Waals surface area contributed by atoms with E-state index in [9.17, 15) is 8.42 Å². The van der Waals surface area contributed by atoms with Gasteiger partial charge in [0.1, 0.15) is 11.5 Å². The van der Waals surface area contributed by atoms with Crippen LogP contribution in [0.2, 0.25) is 0 Å². The van der Waals surface area contributed by atoms with Gasteiger partial charge in [-0.3, -0.25) is 9.54 Å². The van der Waals surface area contributed by atoms with Gasteiger partial charge in [0.05, 0.1) is 12.5 Å². The lowest BCUT2D eigenvalue weighted by Gasteiger charge is -2.04. The van der Waals surface area contributed by atoms with E-state index in [2.05, 4.69) is 4.98 Å². The minimum atomic E-state index is -3.67.